The smallest absolute Gasteiger partial charge is 0.341 e. The molecule has 30 heavy (non-hydrogen) atoms. The van der Waals surface area contributed by atoms with Gasteiger partial charge < -0.3 is 25.1 Å². The minimum atomic E-state index is -1.73. The van der Waals surface area contributed by atoms with E-state index in [9.17, 15) is 14.4 Å². The van der Waals surface area contributed by atoms with E-state index in [2.05, 4.69) is 5.32 Å². The molecule has 1 spiro atoms. The highest BCUT2D eigenvalue weighted by atomic mass is 16.5. The molecule has 1 aromatic heterocycles. The molecule has 1 aromatic carbocycles. The summed E-state index contributed by atoms with van der Waals surface area (Å²) in [5.41, 5.74) is 5.74. The number of nitrogens with two attached hydrogens (primary N) is 1. The van der Waals surface area contributed by atoms with Crippen molar-refractivity contribution in [2.24, 2.45) is 5.73 Å². The van der Waals surface area contributed by atoms with E-state index in [0.717, 1.165) is 18.5 Å². The maximum atomic E-state index is 13.8. The first-order chi connectivity index (χ1) is 14.4. The molecule has 1 saturated carbocycles. The van der Waals surface area contributed by atoms with Crippen LogP contribution in [0.2, 0.25) is 0 Å². The van der Waals surface area contributed by atoms with E-state index in [1.54, 1.807) is 41.8 Å². The van der Waals surface area contributed by atoms with E-state index in [1.807, 2.05) is 6.92 Å². The highest BCUT2D eigenvalue weighted by molar-refractivity contribution is 6.17. The molecule has 1 amide bonds. The van der Waals surface area contributed by atoms with Crippen LogP contribution in [0.5, 0.6) is 5.75 Å². The Morgan fingerprint density at radius 3 is 2.77 bits per heavy atom. The first kappa shape index (κ1) is 18.5. The standard InChI is InChI=1S/C22H21N3O5/c1-3-29-20(27)17-18(23)30-15-10-11(2)25(12-8-9-12)19(26)16(15)22(17)13-6-4-5-7-14(13)24-21(22)28/h4-7,10,12H,3,8-9,23H2,1-2H3,(H,24,28). The Hall–Kier alpha value is -3.55. The van der Waals surface area contributed by atoms with Crippen molar-refractivity contribution in [3.8, 4) is 5.75 Å². The van der Waals surface area contributed by atoms with Crippen LogP contribution in [0.4, 0.5) is 5.69 Å². The number of carbonyl (C=O) groups excluding carboxylic acids is 2. The number of nitrogens with zero attached hydrogens (tertiary/aromatic N) is 1. The fraction of sp³-hybridized carbons (Fsp3) is 0.318. The summed E-state index contributed by atoms with van der Waals surface area (Å²) in [6.45, 7) is 3.56. The molecule has 3 N–H and O–H groups in total. The van der Waals surface area contributed by atoms with Crippen molar-refractivity contribution in [2.75, 3.05) is 11.9 Å². The molecule has 1 fully saturated rings. The third kappa shape index (κ3) is 2.24. The van der Waals surface area contributed by atoms with Gasteiger partial charge in [0.15, 0.2) is 0 Å². The van der Waals surface area contributed by atoms with Gasteiger partial charge in [-0.1, -0.05) is 18.2 Å². The van der Waals surface area contributed by atoms with Gasteiger partial charge in [0.1, 0.15) is 16.7 Å². The number of fused-ring (bicyclic) bond motifs is 4. The van der Waals surface area contributed by atoms with Gasteiger partial charge in [0.25, 0.3) is 5.56 Å². The number of ether oxygens (including phenoxy) is 2. The summed E-state index contributed by atoms with van der Waals surface area (Å²) in [6.07, 6.45) is 1.78. The molecule has 8 heteroatoms. The first-order valence-electron chi connectivity index (χ1n) is 9.94. The van der Waals surface area contributed by atoms with Gasteiger partial charge in [-0.15, -0.1) is 0 Å². The lowest BCUT2D eigenvalue weighted by Gasteiger charge is -2.35. The Balaban J connectivity index is 1.91. The van der Waals surface area contributed by atoms with Crippen LogP contribution >= 0.6 is 0 Å². The van der Waals surface area contributed by atoms with Gasteiger partial charge in [-0.05, 0) is 32.8 Å². The second-order valence-electron chi connectivity index (χ2n) is 7.74. The predicted molar refractivity (Wildman–Crippen MR) is 108 cm³/mol. The van der Waals surface area contributed by atoms with Crippen molar-refractivity contribution in [2.45, 2.75) is 38.1 Å². The number of benzene rings is 1. The number of aryl methyl sites for hydroxylation is 1. The highest BCUT2D eigenvalue weighted by Crippen LogP contribution is 2.53. The van der Waals surface area contributed by atoms with Crippen LogP contribution in [0, 0.1) is 6.92 Å². The average Bonchev–Trinajstić information content (AvgIpc) is 3.47. The first-order valence-corrected chi connectivity index (χ1v) is 9.94. The van der Waals surface area contributed by atoms with Gasteiger partial charge >= 0.3 is 5.97 Å². The van der Waals surface area contributed by atoms with Gasteiger partial charge in [-0.25, -0.2) is 4.79 Å². The topological polar surface area (TPSA) is 113 Å². The second kappa shape index (κ2) is 6.22. The number of anilines is 1. The fourth-order valence-electron chi connectivity index (χ4n) is 4.62. The summed E-state index contributed by atoms with van der Waals surface area (Å²) in [4.78, 5) is 40.3. The summed E-state index contributed by atoms with van der Waals surface area (Å²) in [5, 5.41) is 2.81. The average molecular weight is 407 g/mol. The molecular formula is C22H21N3O5. The van der Waals surface area contributed by atoms with E-state index in [1.165, 1.54) is 0 Å². The Morgan fingerprint density at radius 2 is 2.07 bits per heavy atom. The van der Waals surface area contributed by atoms with Crippen molar-refractivity contribution >= 4 is 17.6 Å². The number of rotatable bonds is 3. The van der Waals surface area contributed by atoms with Gasteiger partial charge in [-0.3, -0.25) is 9.59 Å². The third-order valence-corrected chi connectivity index (χ3v) is 5.93. The lowest BCUT2D eigenvalue weighted by Crippen LogP contribution is -2.50. The van der Waals surface area contributed by atoms with Crippen LogP contribution in [0.3, 0.4) is 0 Å². The number of hydrogen-bond donors (Lipinski definition) is 2. The normalized spacial score (nSPS) is 21.7. The third-order valence-electron chi connectivity index (χ3n) is 5.93. The van der Waals surface area contributed by atoms with E-state index < -0.39 is 17.3 Å². The van der Waals surface area contributed by atoms with Crippen molar-refractivity contribution in [3.63, 3.8) is 0 Å². The number of amides is 1. The molecule has 3 heterocycles. The lowest BCUT2D eigenvalue weighted by atomic mass is 9.68. The van der Waals surface area contributed by atoms with Gasteiger partial charge in [0, 0.05) is 29.1 Å². The minimum absolute atomic E-state index is 0.0776. The molecule has 1 unspecified atom stereocenters. The zero-order valence-corrected chi connectivity index (χ0v) is 16.7. The number of para-hydroxylation sites is 1. The predicted octanol–water partition coefficient (Wildman–Crippen LogP) is 1.86. The van der Waals surface area contributed by atoms with Crippen LogP contribution in [0.1, 0.15) is 42.6 Å². The molecule has 154 valence electrons. The quantitative estimate of drug-likeness (QED) is 0.751. The zero-order valence-electron chi connectivity index (χ0n) is 16.7. The van der Waals surface area contributed by atoms with E-state index in [0.29, 0.717) is 11.3 Å². The number of pyridine rings is 1. The lowest BCUT2D eigenvalue weighted by molar-refractivity contribution is -0.140. The van der Waals surface area contributed by atoms with E-state index >= 15 is 0 Å². The molecule has 2 aromatic rings. The number of nitrogens with one attached hydrogen (secondary N) is 1. The van der Waals surface area contributed by atoms with E-state index in [-0.39, 0.29) is 41.0 Å². The fourth-order valence-corrected chi connectivity index (χ4v) is 4.62. The van der Waals surface area contributed by atoms with E-state index in [4.69, 9.17) is 15.2 Å². The van der Waals surface area contributed by atoms with Crippen LogP contribution in [-0.2, 0) is 19.7 Å². The summed E-state index contributed by atoms with van der Waals surface area (Å²) >= 11 is 0. The summed E-state index contributed by atoms with van der Waals surface area (Å²) < 4.78 is 12.6. The highest BCUT2D eigenvalue weighted by Gasteiger charge is 2.60. The van der Waals surface area contributed by atoms with Crippen molar-refractivity contribution in [3.05, 3.63) is 69.0 Å². The molecule has 5 rings (SSSR count). The molecule has 1 atom stereocenters. The van der Waals surface area contributed by atoms with Gasteiger partial charge in [0.05, 0.1) is 12.2 Å². The van der Waals surface area contributed by atoms with Crippen LogP contribution < -0.4 is 21.3 Å². The maximum Gasteiger partial charge on any atom is 0.341 e. The van der Waals surface area contributed by atoms with Crippen LogP contribution in [0.25, 0.3) is 0 Å². The van der Waals surface area contributed by atoms with Crippen molar-refractivity contribution < 1.29 is 19.1 Å². The summed E-state index contributed by atoms with van der Waals surface area (Å²) in [7, 11) is 0. The molecular weight excluding hydrogens is 386 g/mol. The Bertz CT molecular complexity index is 1210. The van der Waals surface area contributed by atoms with Crippen LogP contribution in [-0.4, -0.2) is 23.1 Å². The molecule has 8 nitrogen and oxygen atoms in total. The summed E-state index contributed by atoms with van der Waals surface area (Å²) in [5.74, 6) is -1.37. The number of aromatic nitrogens is 1. The van der Waals surface area contributed by atoms with Crippen molar-refractivity contribution in [1.29, 1.82) is 0 Å². The Kier molecular flexibility index (Phi) is 3.83. The molecule has 0 radical (unpaired) electrons. The summed E-state index contributed by atoms with van der Waals surface area (Å²) in [6, 6.07) is 8.75. The Labute approximate surface area is 172 Å². The Morgan fingerprint density at radius 1 is 1.33 bits per heavy atom. The largest absolute Gasteiger partial charge is 0.462 e. The number of hydrogen-bond acceptors (Lipinski definition) is 6. The van der Waals surface area contributed by atoms with Crippen molar-refractivity contribution in [1.82, 2.24) is 4.57 Å². The second-order valence-corrected chi connectivity index (χ2v) is 7.74. The zero-order chi connectivity index (χ0) is 21.2. The number of esters is 1. The number of carbonyl (C=O) groups is 2. The molecule has 0 bridgehead atoms. The van der Waals surface area contributed by atoms with Gasteiger partial charge in [0.2, 0.25) is 11.8 Å². The monoisotopic (exact) mass is 407 g/mol. The van der Waals surface area contributed by atoms with Gasteiger partial charge in [-0.2, -0.15) is 0 Å². The molecule has 3 aliphatic rings. The molecule has 0 saturated heterocycles. The minimum Gasteiger partial charge on any atom is -0.462 e. The SMILES string of the molecule is CCOC(=O)C1=C(N)Oc2cc(C)n(C3CC3)c(=O)c2C12C(=O)Nc1ccccc12. The maximum absolute atomic E-state index is 13.8. The molecule has 2 aliphatic heterocycles. The molecule has 1 aliphatic carbocycles. The van der Waals surface area contributed by atoms with Crippen LogP contribution in [0.15, 0.2) is 46.6 Å².